The molecule has 2 aromatic rings. The number of nitrogens with zero attached hydrogens (tertiary/aromatic N) is 2. The zero-order valence-corrected chi connectivity index (χ0v) is 18.7. The number of ether oxygens (including phenoxy) is 1. The van der Waals surface area contributed by atoms with Crippen LogP contribution in [0.5, 0.6) is 5.75 Å². The van der Waals surface area contributed by atoms with Crippen LogP contribution in [0.15, 0.2) is 53.6 Å². The monoisotopic (exact) mass is 451 g/mol. The van der Waals surface area contributed by atoms with Crippen molar-refractivity contribution in [1.82, 2.24) is 4.41 Å². The maximum atomic E-state index is 12.4. The fraction of sp³-hybridized carbons (Fsp3) is 0.350. The van der Waals surface area contributed by atoms with E-state index in [0.29, 0.717) is 35.7 Å². The average molecular weight is 452 g/mol. The zero-order valence-electron chi connectivity index (χ0n) is 17.1. The summed E-state index contributed by atoms with van der Waals surface area (Å²) in [6.07, 6.45) is 1.45. The Kier molecular flexibility index (Phi) is 6.37. The van der Waals surface area contributed by atoms with E-state index in [9.17, 15) is 16.8 Å². The van der Waals surface area contributed by atoms with Crippen LogP contribution in [0.3, 0.4) is 0 Å². The van der Waals surface area contributed by atoms with Gasteiger partial charge in [-0.2, -0.15) is 9.52 Å². The van der Waals surface area contributed by atoms with E-state index in [4.69, 9.17) is 4.74 Å². The van der Waals surface area contributed by atoms with Crippen molar-refractivity contribution < 1.29 is 21.6 Å². The minimum atomic E-state index is -3.64. The Labute approximate surface area is 177 Å². The first-order valence-corrected chi connectivity index (χ1v) is 13.0. The summed E-state index contributed by atoms with van der Waals surface area (Å²) in [6.45, 7) is 3.87. The van der Waals surface area contributed by atoms with Gasteiger partial charge in [-0.15, -0.1) is 0 Å². The van der Waals surface area contributed by atoms with Gasteiger partial charge in [-0.3, -0.25) is 4.72 Å². The summed E-state index contributed by atoms with van der Waals surface area (Å²) in [4.78, 5) is 0. The SMILES string of the molecule is CCOc1ccccc1C1CC(c2cccc(NS(=O)(=O)CC)c2)=NN1S(C)(=O)=O. The molecule has 162 valence electrons. The minimum absolute atomic E-state index is 0.0453. The molecule has 0 fully saturated rings. The van der Waals surface area contributed by atoms with E-state index in [0.717, 1.165) is 16.2 Å². The Morgan fingerprint density at radius 1 is 1.10 bits per heavy atom. The second-order valence-corrected chi connectivity index (χ2v) is 10.7. The number of anilines is 1. The molecular formula is C20H25N3O5S2. The van der Waals surface area contributed by atoms with Crippen molar-refractivity contribution in [3.05, 3.63) is 59.7 Å². The summed E-state index contributed by atoms with van der Waals surface area (Å²) in [5.74, 6) is 0.565. The number of rotatable bonds is 8. The van der Waals surface area contributed by atoms with Crippen molar-refractivity contribution in [2.24, 2.45) is 5.10 Å². The molecule has 1 aliphatic rings. The van der Waals surface area contributed by atoms with Crippen molar-refractivity contribution >= 4 is 31.4 Å². The normalized spacial score (nSPS) is 17.0. The molecule has 2 aromatic carbocycles. The molecule has 0 saturated carbocycles. The topological polar surface area (TPSA) is 105 Å². The first kappa shape index (κ1) is 22.1. The smallest absolute Gasteiger partial charge is 0.247 e. The molecule has 30 heavy (non-hydrogen) atoms. The van der Waals surface area contributed by atoms with Crippen LogP contribution in [0.25, 0.3) is 0 Å². The summed E-state index contributed by atoms with van der Waals surface area (Å²) >= 11 is 0. The number of hydrogen-bond acceptors (Lipinski definition) is 6. The summed E-state index contributed by atoms with van der Waals surface area (Å²) in [5, 5.41) is 4.38. The van der Waals surface area contributed by atoms with Crippen molar-refractivity contribution in [2.45, 2.75) is 26.3 Å². The first-order chi connectivity index (χ1) is 14.1. The van der Waals surface area contributed by atoms with Gasteiger partial charge in [0.2, 0.25) is 20.0 Å². The second-order valence-electron chi connectivity index (χ2n) is 6.86. The molecule has 0 amide bonds. The summed E-state index contributed by atoms with van der Waals surface area (Å²) in [5.41, 5.74) is 2.33. The lowest BCUT2D eigenvalue weighted by Crippen LogP contribution is -2.26. The summed E-state index contributed by atoms with van der Waals surface area (Å²) in [6, 6.07) is 13.5. The van der Waals surface area contributed by atoms with Gasteiger partial charge in [0.25, 0.3) is 0 Å². The fourth-order valence-corrected chi connectivity index (χ4v) is 4.78. The van der Waals surface area contributed by atoms with Gasteiger partial charge in [-0.25, -0.2) is 16.8 Å². The van der Waals surface area contributed by atoms with Gasteiger partial charge in [0.1, 0.15) is 5.75 Å². The van der Waals surface area contributed by atoms with Crippen LogP contribution in [0.1, 0.15) is 37.4 Å². The molecule has 3 rings (SSSR count). The van der Waals surface area contributed by atoms with Gasteiger partial charge >= 0.3 is 0 Å². The molecule has 1 unspecified atom stereocenters. The van der Waals surface area contributed by atoms with Crippen LogP contribution >= 0.6 is 0 Å². The highest BCUT2D eigenvalue weighted by Crippen LogP contribution is 2.39. The molecule has 0 bridgehead atoms. The zero-order chi connectivity index (χ0) is 21.9. The Balaban J connectivity index is 1.99. The molecule has 8 nitrogen and oxygen atoms in total. The standard InChI is InChI=1S/C20H25N3O5S2/c1-4-28-20-12-7-6-11-17(20)19-14-18(21-23(19)29(3,24)25)15-9-8-10-16(13-15)22-30(26,27)5-2/h6-13,19,22H,4-5,14H2,1-3H3. The fourth-order valence-electron chi connectivity index (χ4n) is 3.26. The third kappa shape index (κ3) is 4.93. The lowest BCUT2D eigenvalue weighted by Gasteiger charge is -2.23. The quantitative estimate of drug-likeness (QED) is 0.664. The molecule has 0 aliphatic carbocycles. The van der Waals surface area contributed by atoms with E-state index in [1.807, 2.05) is 25.1 Å². The van der Waals surface area contributed by atoms with Crippen LogP contribution in [-0.2, 0) is 20.0 Å². The number of para-hydroxylation sites is 1. The van der Waals surface area contributed by atoms with Crippen LogP contribution in [0.4, 0.5) is 5.69 Å². The molecule has 0 radical (unpaired) electrons. The minimum Gasteiger partial charge on any atom is -0.494 e. The van der Waals surface area contributed by atoms with Crippen LogP contribution in [0.2, 0.25) is 0 Å². The van der Waals surface area contributed by atoms with Gasteiger partial charge in [-0.05, 0) is 37.6 Å². The number of hydrogen-bond donors (Lipinski definition) is 1. The maximum Gasteiger partial charge on any atom is 0.247 e. The Bertz CT molecular complexity index is 1160. The van der Waals surface area contributed by atoms with Gasteiger partial charge < -0.3 is 4.74 Å². The van der Waals surface area contributed by atoms with Crippen molar-refractivity contribution in [3.8, 4) is 5.75 Å². The van der Waals surface area contributed by atoms with Crippen LogP contribution in [-0.4, -0.2) is 45.6 Å². The van der Waals surface area contributed by atoms with Gasteiger partial charge in [0, 0.05) is 17.7 Å². The number of benzene rings is 2. The molecule has 1 heterocycles. The van der Waals surface area contributed by atoms with Crippen molar-refractivity contribution in [3.63, 3.8) is 0 Å². The van der Waals surface area contributed by atoms with Crippen LogP contribution in [0, 0.1) is 0 Å². The van der Waals surface area contributed by atoms with E-state index in [2.05, 4.69) is 9.82 Å². The van der Waals surface area contributed by atoms with Crippen molar-refractivity contribution in [1.29, 1.82) is 0 Å². The summed E-state index contributed by atoms with van der Waals surface area (Å²) < 4.78 is 57.9. The highest BCUT2D eigenvalue weighted by atomic mass is 32.2. The van der Waals surface area contributed by atoms with E-state index < -0.39 is 26.1 Å². The maximum absolute atomic E-state index is 12.4. The Morgan fingerprint density at radius 2 is 1.83 bits per heavy atom. The van der Waals surface area contributed by atoms with Crippen LogP contribution < -0.4 is 9.46 Å². The number of sulfonamides is 2. The molecular weight excluding hydrogens is 426 g/mol. The predicted octanol–water partition coefficient (Wildman–Crippen LogP) is 2.96. The highest BCUT2D eigenvalue weighted by Gasteiger charge is 2.36. The third-order valence-electron chi connectivity index (χ3n) is 4.64. The van der Waals surface area contributed by atoms with E-state index in [1.165, 1.54) is 0 Å². The van der Waals surface area contributed by atoms with E-state index in [-0.39, 0.29) is 5.75 Å². The molecule has 1 aliphatic heterocycles. The number of hydrazone groups is 1. The van der Waals surface area contributed by atoms with E-state index in [1.54, 1.807) is 37.3 Å². The number of nitrogens with one attached hydrogen (secondary N) is 1. The van der Waals surface area contributed by atoms with E-state index >= 15 is 0 Å². The summed E-state index contributed by atoms with van der Waals surface area (Å²) in [7, 11) is -7.06. The van der Waals surface area contributed by atoms with Gasteiger partial charge in [-0.1, -0.05) is 30.3 Å². The second kappa shape index (κ2) is 8.65. The first-order valence-electron chi connectivity index (χ1n) is 9.54. The molecule has 1 atom stereocenters. The van der Waals surface area contributed by atoms with Gasteiger partial charge in [0.05, 0.1) is 30.4 Å². The molecule has 0 aromatic heterocycles. The molecule has 10 heteroatoms. The van der Waals surface area contributed by atoms with Gasteiger partial charge in [0.15, 0.2) is 0 Å². The third-order valence-corrected chi connectivity index (χ3v) is 6.96. The van der Waals surface area contributed by atoms with Crippen molar-refractivity contribution in [2.75, 3.05) is 23.3 Å². The Morgan fingerprint density at radius 3 is 2.50 bits per heavy atom. The lowest BCUT2D eigenvalue weighted by atomic mass is 9.98. The Hall–Kier alpha value is -2.59. The molecule has 0 spiro atoms. The largest absolute Gasteiger partial charge is 0.494 e. The molecule has 1 N–H and O–H groups in total. The predicted molar refractivity (Wildman–Crippen MR) is 118 cm³/mol. The highest BCUT2D eigenvalue weighted by molar-refractivity contribution is 7.92. The molecule has 0 saturated heterocycles. The lowest BCUT2D eigenvalue weighted by molar-refractivity contribution is 0.317. The average Bonchev–Trinajstić information content (AvgIpc) is 3.14.